The molecule has 0 aromatic carbocycles. The number of amides is 2. The van der Waals surface area contributed by atoms with Gasteiger partial charge in [-0.1, -0.05) is 25.4 Å². The van der Waals surface area contributed by atoms with Crippen molar-refractivity contribution < 1.29 is 22.7 Å². The zero-order chi connectivity index (χ0) is 20.0. The van der Waals surface area contributed by atoms with Gasteiger partial charge in [0.25, 0.3) is 5.91 Å². The summed E-state index contributed by atoms with van der Waals surface area (Å²) in [5.41, 5.74) is -0.0899. The second kappa shape index (κ2) is 7.25. The molecule has 2 saturated heterocycles. The number of sulfone groups is 1. The van der Waals surface area contributed by atoms with E-state index in [1.54, 1.807) is 9.80 Å². The summed E-state index contributed by atoms with van der Waals surface area (Å²) < 4.78 is 28.7. The van der Waals surface area contributed by atoms with Crippen molar-refractivity contribution in [3.05, 3.63) is 15.3 Å². The number of hydrogen-bond donors (Lipinski definition) is 0. The number of hydrogen-bond acceptors (Lipinski definition) is 6. The highest BCUT2D eigenvalue weighted by Gasteiger charge is 2.38. The molecular weight excluding hydrogens is 412 g/mol. The number of nitrogens with zero attached hydrogens (tertiary/aromatic N) is 2. The number of carbonyl (C=O) groups is 2. The Hall–Kier alpha value is -1.32. The normalized spacial score (nSPS) is 21.3. The van der Waals surface area contributed by atoms with Gasteiger partial charge in [-0.3, -0.25) is 4.79 Å². The van der Waals surface area contributed by atoms with Gasteiger partial charge >= 0.3 is 6.09 Å². The summed E-state index contributed by atoms with van der Waals surface area (Å²) in [6, 6.07) is 0.0338. The van der Waals surface area contributed by atoms with Gasteiger partial charge in [-0.2, -0.15) is 0 Å². The number of halogens is 1. The van der Waals surface area contributed by atoms with Crippen molar-refractivity contribution in [3.63, 3.8) is 0 Å². The number of ether oxygens (including phenoxy) is 1. The van der Waals surface area contributed by atoms with Gasteiger partial charge < -0.3 is 14.5 Å². The van der Waals surface area contributed by atoms with Crippen LogP contribution in [0.15, 0.2) is 10.3 Å². The second-order valence-electron chi connectivity index (χ2n) is 7.89. The predicted octanol–water partition coefficient (Wildman–Crippen LogP) is 2.89. The highest BCUT2D eigenvalue weighted by molar-refractivity contribution is 7.91. The van der Waals surface area contributed by atoms with Crippen LogP contribution in [0.5, 0.6) is 0 Å². The third-order valence-electron chi connectivity index (χ3n) is 4.90. The first kappa shape index (κ1) is 20.4. The number of carbonyl (C=O) groups excluding carboxylic acids is 2. The summed E-state index contributed by atoms with van der Waals surface area (Å²) in [6.07, 6.45) is 2.08. The van der Waals surface area contributed by atoms with Gasteiger partial charge in [0.2, 0.25) is 0 Å². The molecule has 0 radical (unpaired) electrons. The third-order valence-corrected chi connectivity index (χ3v) is 7.76. The lowest BCUT2D eigenvalue weighted by atomic mass is 9.91. The van der Waals surface area contributed by atoms with E-state index in [0.717, 1.165) is 17.6 Å². The minimum absolute atomic E-state index is 0.00372. The molecule has 0 bridgehead atoms. The Morgan fingerprint density at radius 3 is 2.52 bits per heavy atom. The summed E-state index contributed by atoms with van der Waals surface area (Å²) in [5, 5.41) is 1.40. The summed E-state index contributed by atoms with van der Waals surface area (Å²) >= 11 is 7.19. The molecule has 0 spiro atoms. The summed E-state index contributed by atoms with van der Waals surface area (Å²) in [4.78, 5) is 28.5. The van der Waals surface area contributed by atoms with Crippen molar-refractivity contribution in [2.24, 2.45) is 5.41 Å². The van der Waals surface area contributed by atoms with E-state index in [1.165, 1.54) is 5.38 Å². The van der Waals surface area contributed by atoms with Gasteiger partial charge in [0.15, 0.2) is 9.84 Å². The molecule has 3 heterocycles. The monoisotopic (exact) mass is 434 g/mol. The fourth-order valence-corrected chi connectivity index (χ4v) is 6.31. The molecule has 2 amide bonds. The number of thiophene rings is 1. The molecule has 0 unspecified atom stereocenters. The van der Waals surface area contributed by atoms with Crippen LogP contribution in [-0.4, -0.2) is 68.8 Å². The maximum absolute atomic E-state index is 12.8. The quantitative estimate of drug-likeness (QED) is 0.730. The van der Waals surface area contributed by atoms with E-state index in [-0.39, 0.29) is 38.3 Å². The molecule has 3 rings (SSSR count). The third kappa shape index (κ3) is 4.25. The zero-order valence-electron chi connectivity index (χ0n) is 15.5. The summed E-state index contributed by atoms with van der Waals surface area (Å²) in [5.74, 6) is -0.264. The van der Waals surface area contributed by atoms with Crippen molar-refractivity contribution in [1.29, 1.82) is 0 Å². The number of piperidine rings is 1. The molecule has 7 nitrogen and oxygen atoms in total. The van der Waals surface area contributed by atoms with E-state index in [4.69, 9.17) is 16.3 Å². The van der Waals surface area contributed by atoms with Crippen molar-refractivity contribution in [2.45, 2.75) is 37.6 Å². The first-order valence-corrected chi connectivity index (χ1v) is 11.8. The van der Waals surface area contributed by atoms with Gasteiger partial charge in [0, 0.05) is 42.7 Å². The SMILES string of the molecule is CC1(C)COC(=O)N(C2CCN(C(=O)c3scc(S(C)(=O)=O)c3Cl)CC2)C1. The van der Waals surface area contributed by atoms with Crippen LogP contribution in [0.3, 0.4) is 0 Å². The minimum atomic E-state index is -3.47. The number of likely N-dealkylation sites (tertiary alicyclic amines) is 1. The van der Waals surface area contributed by atoms with E-state index in [9.17, 15) is 18.0 Å². The van der Waals surface area contributed by atoms with Crippen LogP contribution in [0.25, 0.3) is 0 Å². The Morgan fingerprint density at radius 1 is 1.33 bits per heavy atom. The Bertz CT molecular complexity index is 857. The van der Waals surface area contributed by atoms with Crippen molar-refractivity contribution in [1.82, 2.24) is 9.80 Å². The Kier molecular flexibility index (Phi) is 5.48. The standard InChI is InChI=1S/C17H23ClN2O5S2/c1-17(2)9-20(16(22)25-10-17)11-4-6-19(7-5-11)15(21)14-13(18)12(8-26-14)27(3,23)24/h8,11H,4-7,9-10H2,1-3H3. The van der Waals surface area contributed by atoms with Gasteiger partial charge in [-0.15, -0.1) is 11.3 Å². The molecule has 0 N–H and O–H groups in total. The zero-order valence-corrected chi connectivity index (χ0v) is 17.9. The van der Waals surface area contributed by atoms with Crippen LogP contribution in [0.4, 0.5) is 4.79 Å². The first-order chi connectivity index (χ1) is 12.5. The predicted molar refractivity (Wildman–Crippen MR) is 103 cm³/mol. The van der Waals surface area contributed by atoms with E-state index < -0.39 is 9.84 Å². The molecule has 1 aromatic heterocycles. The fourth-order valence-electron chi connectivity index (χ4n) is 3.44. The molecule has 0 atom stereocenters. The molecule has 150 valence electrons. The van der Waals surface area contributed by atoms with Crippen LogP contribution in [0.2, 0.25) is 5.02 Å². The smallest absolute Gasteiger partial charge is 0.410 e. The average Bonchev–Trinajstić information content (AvgIpc) is 2.98. The van der Waals surface area contributed by atoms with E-state index in [1.807, 2.05) is 0 Å². The molecule has 1 aromatic rings. The van der Waals surface area contributed by atoms with Crippen LogP contribution < -0.4 is 0 Å². The highest BCUT2D eigenvalue weighted by Crippen LogP contribution is 2.34. The molecule has 2 fully saturated rings. The largest absolute Gasteiger partial charge is 0.449 e. The first-order valence-electron chi connectivity index (χ1n) is 8.69. The lowest BCUT2D eigenvalue weighted by Gasteiger charge is -2.44. The maximum atomic E-state index is 12.8. The average molecular weight is 435 g/mol. The minimum Gasteiger partial charge on any atom is -0.449 e. The number of rotatable bonds is 3. The van der Waals surface area contributed by atoms with Gasteiger partial charge in [-0.05, 0) is 12.8 Å². The van der Waals surface area contributed by atoms with Crippen molar-refractivity contribution >= 4 is 44.8 Å². The van der Waals surface area contributed by atoms with Crippen molar-refractivity contribution in [2.75, 3.05) is 32.5 Å². The number of cyclic esters (lactones) is 1. The van der Waals surface area contributed by atoms with Crippen LogP contribution in [-0.2, 0) is 14.6 Å². The maximum Gasteiger partial charge on any atom is 0.410 e. The highest BCUT2D eigenvalue weighted by atomic mass is 35.5. The second-order valence-corrected chi connectivity index (χ2v) is 11.1. The Morgan fingerprint density at radius 2 is 1.96 bits per heavy atom. The van der Waals surface area contributed by atoms with E-state index in [2.05, 4.69) is 13.8 Å². The van der Waals surface area contributed by atoms with Crippen molar-refractivity contribution in [3.8, 4) is 0 Å². The molecule has 2 aliphatic rings. The Balaban J connectivity index is 1.67. The topological polar surface area (TPSA) is 84.0 Å². The summed E-state index contributed by atoms with van der Waals surface area (Å²) in [7, 11) is -3.47. The van der Waals surface area contributed by atoms with E-state index in [0.29, 0.717) is 39.1 Å². The summed E-state index contributed by atoms with van der Waals surface area (Å²) in [6.45, 7) is 6.14. The molecule has 2 aliphatic heterocycles. The van der Waals surface area contributed by atoms with E-state index >= 15 is 0 Å². The lowest BCUT2D eigenvalue weighted by molar-refractivity contribution is -0.0153. The fraction of sp³-hybridized carbons (Fsp3) is 0.647. The van der Waals surface area contributed by atoms with Gasteiger partial charge in [0.05, 0.1) is 16.5 Å². The molecule has 0 saturated carbocycles. The Labute approximate surface area is 168 Å². The van der Waals surface area contributed by atoms with Crippen LogP contribution in [0, 0.1) is 5.41 Å². The lowest BCUT2D eigenvalue weighted by Crippen LogP contribution is -2.55. The molecule has 0 aliphatic carbocycles. The molecule has 27 heavy (non-hydrogen) atoms. The van der Waals surface area contributed by atoms with Gasteiger partial charge in [0.1, 0.15) is 4.88 Å². The van der Waals surface area contributed by atoms with Gasteiger partial charge in [-0.25, -0.2) is 13.2 Å². The molecule has 10 heteroatoms. The van der Waals surface area contributed by atoms with Crippen LogP contribution >= 0.6 is 22.9 Å². The van der Waals surface area contributed by atoms with Crippen LogP contribution in [0.1, 0.15) is 36.4 Å². The molecular formula is C17H23ClN2O5S2.